The summed E-state index contributed by atoms with van der Waals surface area (Å²) < 4.78 is 12.0. The van der Waals surface area contributed by atoms with Crippen molar-refractivity contribution in [2.24, 2.45) is 0 Å². The van der Waals surface area contributed by atoms with Crippen LogP contribution in [0.15, 0.2) is 82.0 Å². The SMILES string of the molecule is CN1C(=O)C2(c3ccccc31)c1c(c3ccccc3oc1=O)OC21C(=O)c2ccccc2C1=O. The van der Waals surface area contributed by atoms with Crippen LogP contribution in [0.3, 0.4) is 0 Å². The van der Waals surface area contributed by atoms with Crippen molar-refractivity contribution in [2.45, 2.75) is 11.0 Å². The number of likely N-dealkylation sites (N-methyl/N-ethyl adjacent to an activating group) is 1. The van der Waals surface area contributed by atoms with Crippen molar-refractivity contribution in [3.8, 4) is 5.75 Å². The second-order valence-corrected chi connectivity index (χ2v) is 8.71. The maximum atomic E-state index is 14.2. The first-order valence-corrected chi connectivity index (χ1v) is 10.8. The molecule has 3 heterocycles. The molecule has 7 heteroatoms. The minimum atomic E-state index is -2.30. The van der Waals surface area contributed by atoms with E-state index in [2.05, 4.69) is 0 Å². The molecular weight excluding hydrogens is 434 g/mol. The molecule has 4 aromatic rings. The predicted molar refractivity (Wildman–Crippen MR) is 122 cm³/mol. The lowest BCUT2D eigenvalue weighted by Gasteiger charge is -2.34. The summed E-state index contributed by atoms with van der Waals surface area (Å²) in [6, 6.07) is 19.9. The molecule has 0 bridgehead atoms. The molecule has 1 amide bonds. The molecule has 1 aliphatic carbocycles. The highest BCUT2D eigenvalue weighted by Crippen LogP contribution is 2.62. The van der Waals surface area contributed by atoms with Crippen LogP contribution in [0.4, 0.5) is 5.69 Å². The molecule has 0 radical (unpaired) electrons. The molecule has 3 aliphatic rings. The number of carbonyl (C=O) groups excluding carboxylic acids is 3. The van der Waals surface area contributed by atoms with E-state index in [0.717, 1.165) is 0 Å². The van der Waals surface area contributed by atoms with E-state index < -0.39 is 34.1 Å². The molecule has 2 spiro atoms. The number of hydrogen-bond acceptors (Lipinski definition) is 6. The van der Waals surface area contributed by atoms with Gasteiger partial charge in [0, 0.05) is 29.4 Å². The summed E-state index contributed by atoms with van der Waals surface area (Å²) in [5.41, 5.74) is -3.85. The Morgan fingerprint density at radius 1 is 0.765 bits per heavy atom. The van der Waals surface area contributed by atoms with Crippen molar-refractivity contribution in [1.29, 1.82) is 0 Å². The van der Waals surface area contributed by atoms with E-state index in [9.17, 15) is 19.2 Å². The van der Waals surface area contributed by atoms with Crippen LogP contribution in [0.25, 0.3) is 11.0 Å². The molecule has 0 fully saturated rings. The van der Waals surface area contributed by atoms with Crippen molar-refractivity contribution < 1.29 is 23.5 Å². The summed E-state index contributed by atoms with van der Waals surface area (Å²) in [5, 5.41) is 0.407. The Hall–Kier alpha value is -4.52. The number of hydrogen-bond donors (Lipinski definition) is 0. The second-order valence-electron chi connectivity index (χ2n) is 8.71. The number of para-hydroxylation sites is 2. The molecule has 34 heavy (non-hydrogen) atoms. The molecule has 1 unspecified atom stereocenters. The highest BCUT2D eigenvalue weighted by atomic mass is 16.5. The van der Waals surface area contributed by atoms with Crippen LogP contribution in [0.1, 0.15) is 31.8 Å². The maximum Gasteiger partial charge on any atom is 0.344 e. The number of ether oxygens (including phenoxy) is 1. The largest absolute Gasteiger partial charge is 0.467 e. The molecule has 1 atom stereocenters. The van der Waals surface area contributed by atoms with Crippen molar-refractivity contribution in [3.63, 3.8) is 0 Å². The molecule has 0 saturated carbocycles. The van der Waals surface area contributed by atoms with Gasteiger partial charge in [0.15, 0.2) is 5.41 Å². The molecule has 2 aliphatic heterocycles. The molecule has 3 aromatic carbocycles. The summed E-state index contributed by atoms with van der Waals surface area (Å²) >= 11 is 0. The summed E-state index contributed by atoms with van der Waals surface area (Å²) in [6.07, 6.45) is 0. The minimum Gasteiger partial charge on any atom is -0.467 e. The molecule has 0 saturated heterocycles. The number of Topliss-reactive ketones (excluding diaryl/α,β-unsaturated/α-hetero) is 2. The molecule has 7 nitrogen and oxygen atoms in total. The van der Waals surface area contributed by atoms with E-state index in [1.807, 2.05) is 0 Å². The van der Waals surface area contributed by atoms with E-state index in [1.165, 1.54) is 4.90 Å². The highest BCUT2D eigenvalue weighted by molar-refractivity contribution is 6.38. The number of anilines is 1. The van der Waals surface area contributed by atoms with Gasteiger partial charge in [-0.15, -0.1) is 0 Å². The van der Waals surface area contributed by atoms with Crippen LogP contribution in [0, 0.1) is 0 Å². The van der Waals surface area contributed by atoms with Gasteiger partial charge >= 0.3 is 5.63 Å². The fourth-order valence-corrected chi connectivity index (χ4v) is 5.89. The lowest BCUT2D eigenvalue weighted by Crippen LogP contribution is -2.64. The smallest absolute Gasteiger partial charge is 0.344 e. The molecule has 7 rings (SSSR count). The summed E-state index contributed by atoms with van der Waals surface area (Å²) in [6.45, 7) is 0. The van der Waals surface area contributed by atoms with Gasteiger partial charge in [0.25, 0.3) is 5.60 Å². The fourth-order valence-electron chi connectivity index (χ4n) is 5.89. The number of rotatable bonds is 0. The van der Waals surface area contributed by atoms with Crippen molar-refractivity contribution in [3.05, 3.63) is 105 Å². The average molecular weight is 449 g/mol. The normalized spacial score (nSPS) is 21.3. The number of fused-ring (bicyclic) bond motifs is 8. The molecule has 0 N–H and O–H groups in total. The van der Waals surface area contributed by atoms with Crippen LogP contribution < -0.4 is 15.3 Å². The van der Waals surface area contributed by atoms with E-state index in [1.54, 1.807) is 79.8 Å². The van der Waals surface area contributed by atoms with Crippen molar-refractivity contribution >= 4 is 34.1 Å². The number of benzene rings is 3. The van der Waals surface area contributed by atoms with Gasteiger partial charge in [-0.2, -0.15) is 0 Å². The van der Waals surface area contributed by atoms with Crippen LogP contribution in [-0.4, -0.2) is 30.1 Å². The zero-order chi connectivity index (χ0) is 23.4. The number of nitrogens with zero attached hydrogens (tertiary/aromatic N) is 1. The van der Waals surface area contributed by atoms with E-state index >= 15 is 0 Å². The quantitative estimate of drug-likeness (QED) is 0.302. The lowest BCUT2D eigenvalue weighted by atomic mass is 9.63. The van der Waals surface area contributed by atoms with Crippen LogP contribution in [-0.2, 0) is 10.2 Å². The van der Waals surface area contributed by atoms with Gasteiger partial charge in [-0.3, -0.25) is 14.4 Å². The Labute approximate surface area is 192 Å². The van der Waals surface area contributed by atoms with Crippen molar-refractivity contribution in [2.75, 3.05) is 11.9 Å². The van der Waals surface area contributed by atoms with Gasteiger partial charge < -0.3 is 14.1 Å². The molecule has 1 aromatic heterocycles. The van der Waals surface area contributed by atoms with Gasteiger partial charge in [0.1, 0.15) is 16.9 Å². The Kier molecular flexibility index (Phi) is 3.28. The second kappa shape index (κ2) is 5.88. The Bertz CT molecular complexity index is 1660. The van der Waals surface area contributed by atoms with Crippen molar-refractivity contribution in [1.82, 2.24) is 0 Å². The first-order valence-electron chi connectivity index (χ1n) is 10.8. The van der Waals surface area contributed by atoms with Gasteiger partial charge in [-0.1, -0.05) is 54.6 Å². The Morgan fingerprint density at radius 2 is 1.38 bits per heavy atom. The third kappa shape index (κ3) is 1.77. The van der Waals surface area contributed by atoms with Crippen LogP contribution in [0.5, 0.6) is 5.75 Å². The monoisotopic (exact) mass is 449 g/mol. The first-order chi connectivity index (χ1) is 16.4. The summed E-state index contributed by atoms with van der Waals surface area (Å²) in [7, 11) is 1.56. The van der Waals surface area contributed by atoms with E-state index in [0.29, 0.717) is 16.6 Å². The number of amides is 1. The van der Waals surface area contributed by atoms with Crippen LogP contribution in [0.2, 0.25) is 0 Å². The third-order valence-electron chi connectivity index (χ3n) is 7.27. The standard InChI is InChI=1S/C27H15NO6/c1-28-18-12-6-5-11-17(18)26(25(28)32)20-21(16-10-4-7-13-19(16)33-24(20)31)34-27(26)22(29)14-8-2-3-9-15(14)23(27)30/h2-13H,1H3. The van der Waals surface area contributed by atoms with Gasteiger partial charge in [0.05, 0.1) is 5.39 Å². The third-order valence-corrected chi connectivity index (χ3v) is 7.27. The van der Waals surface area contributed by atoms with Gasteiger partial charge in [-0.05, 0) is 18.2 Å². The molecule has 164 valence electrons. The lowest BCUT2D eigenvalue weighted by molar-refractivity contribution is -0.124. The average Bonchev–Trinajstić information content (AvgIpc) is 3.39. The minimum absolute atomic E-state index is 0.0276. The van der Waals surface area contributed by atoms with Gasteiger partial charge in [-0.25, -0.2) is 4.79 Å². The van der Waals surface area contributed by atoms with Crippen LogP contribution >= 0.6 is 0 Å². The zero-order valence-corrected chi connectivity index (χ0v) is 17.8. The molecular formula is C27H15NO6. The number of carbonyl (C=O) groups is 3. The van der Waals surface area contributed by atoms with Gasteiger partial charge in [0.2, 0.25) is 17.5 Å². The van der Waals surface area contributed by atoms with E-state index in [-0.39, 0.29) is 28.0 Å². The highest BCUT2D eigenvalue weighted by Gasteiger charge is 2.79. The predicted octanol–water partition coefficient (Wildman–Crippen LogP) is 3.27. The topological polar surface area (TPSA) is 93.9 Å². The maximum absolute atomic E-state index is 14.2. The zero-order valence-electron chi connectivity index (χ0n) is 17.8. The number of ketones is 2. The first kappa shape index (κ1) is 19.0. The Morgan fingerprint density at radius 3 is 2.12 bits per heavy atom. The summed E-state index contributed by atoms with van der Waals surface area (Å²) in [4.78, 5) is 57.3. The fraction of sp³-hybridized carbons (Fsp3) is 0.111. The summed E-state index contributed by atoms with van der Waals surface area (Å²) in [5.74, 6) is -1.86. The van der Waals surface area contributed by atoms with E-state index in [4.69, 9.17) is 9.15 Å². The Balaban J connectivity index is 1.71.